The van der Waals surface area contributed by atoms with Crippen molar-refractivity contribution < 1.29 is 0 Å². The fourth-order valence-corrected chi connectivity index (χ4v) is 1.61. The predicted octanol–water partition coefficient (Wildman–Crippen LogP) is 3.79. The van der Waals surface area contributed by atoms with Gasteiger partial charge in [-0.1, -0.05) is 39.7 Å². The Labute approximate surface area is 78.9 Å². The molecule has 0 saturated carbocycles. The quantitative estimate of drug-likeness (QED) is 0.511. The molecule has 0 aliphatic rings. The summed E-state index contributed by atoms with van der Waals surface area (Å²) in [7, 11) is 0. The molecule has 3 heteroatoms. The van der Waals surface area contributed by atoms with E-state index in [1.54, 1.807) is 12.1 Å². The molecular formula is C8H5BrClN. The van der Waals surface area contributed by atoms with Crippen molar-refractivity contribution in [2.45, 2.75) is 5.33 Å². The van der Waals surface area contributed by atoms with Crippen LogP contribution >= 0.6 is 27.5 Å². The number of nitrogens with zero attached hydrogens (tertiary/aromatic N) is 1. The Morgan fingerprint density at radius 2 is 2.27 bits per heavy atom. The first-order chi connectivity index (χ1) is 5.27. The van der Waals surface area contributed by atoms with Gasteiger partial charge < -0.3 is 0 Å². The van der Waals surface area contributed by atoms with Gasteiger partial charge in [0.2, 0.25) is 0 Å². The van der Waals surface area contributed by atoms with Gasteiger partial charge in [0.25, 0.3) is 0 Å². The average Bonchev–Trinajstić information content (AvgIpc) is 2.04. The van der Waals surface area contributed by atoms with E-state index in [0.717, 1.165) is 10.9 Å². The molecule has 0 atom stereocenters. The first kappa shape index (κ1) is 8.58. The molecule has 0 spiro atoms. The minimum Gasteiger partial charge on any atom is -0.238 e. The molecule has 56 valence electrons. The van der Waals surface area contributed by atoms with Gasteiger partial charge in [0.1, 0.15) is 0 Å². The smallest absolute Gasteiger partial charge is 0.188 e. The Morgan fingerprint density at radius 1 is 1.55 bits per heavy atom. The second-order valence-electron chi connectivity index (χ2n) is 2.02. The first-order valence-electron chi connectivity index (χ1n) is 3.00. The number of benzene rings is 1. The fraction of sp³-hybridized carbons (Fsp3) is 0.125. The molecule has 0 aliphatic heterocycles. The van der Waals surface area contributed by atoms with Gasteiger partial charge >= 0.3 is 0 Å². The molecule has 1 aromatic carbocycles. The molecule has 0 saturated heterocycles. The minimum atomic E-state index is 0.583. The zero-order valence-electron chi connectivity index (χ0n) is 5.64. The van der Waals surface area contributed by atoms with Crippen molar-refractivity contribution in [3.63, 3.8) is 0 Å². The Bertz CT molecular complexity index is 303. The number of halogens is 2. The van der Waals surface area contributed by atoms with E-state index in [1.807, 2.05) is 6.07 Å². The van der Waals surface area contributed by atoms with Gasteiger partial charge in [-0.15, -0.1) is 0 Å². The number of alkyl halides is 1. The Balaban J connectivity index is 3.12. The lowest BCUT2D eigenvalue weighted by Crippen LogP contribution is -1.76. The van der Waals surface area contributed by atoms with E-state index < -0.39 is 0 Å². The van der Waals surface area contributed by atoms with Gasteiger partial charge in [-0.3, -0.25) is 0 Å². The van der Waals surface area contributed by atoms with Gasteiger partial charge in [0.05, 0.1) is 6.57 Å². The molecule has 11 heavy (non-hydrogen) atoms. The largest absolute Gasteiger partial charge is 0.238 e. The fourth-order valence-electron chi connectivity index (χ4n) is 0.714. The van der Waals surface area contributed by atoms with Crippen molar-refractivity contribution in [3.8, 4) is 0 Å². The second kappa shape index (κ2) is 3.75. The van der Waals surface area contributed by atoms with Gasteiger partial charge in [-0.25, -0.2) is 4.85 Å². The predicted molar refractivity (Wildman–Crippen MR) is 50.3 cm³/mol. The monoisotopic (exact) mass is 229 g/mol. The average molecular weight is 230 g/mol. The van der Waals surface area contributed by atoms with E-state index in [2.05, 4.69) is 20.8 Å². The maximum atomic E-state index is 6.72. The molecule has 0 unspecified atom stereocenters. The van der Waals surface area contributed by atoms with E-state index in [1.165, 1.54) is 0 Å². The van der Waals surface area contributed by atoms with Crippen molar-refractivity contribution in [1.82, 2.24) is 0 Å². The second-order valence-corrected chi connectivity index (χ2v) is 2.99. The molecule has 0 heterocycles. The van der Waals surface area contributed by atoms with Gasteiger partial charge in [0, 0.05) is 10.4 Å². The van der Waals surface area contributed by atoms with Crippen LogP contribution in [0.1, 0.15) is 5.56 Å². The summed E-state index contributed by atoms with van der Waals surface area (Å²) < 4.78 is 0. The third kappa shape index (κ3) is 1.95. The Kier molecular flexibility index (Phi) is 2.92. The van der Waals surface area contributed by atoms with Crippen molar-refractivity contribution in [3.05, 3.63) is 40.2 Å². The van der Waals surface area contributed by atoms with Crippen LogP contribution in [0.25, 0.3) is 4.85 Å². The zero-order chi connectivity index (χ0) is 8.27. The highest BCUT2D eigenvalue weighted by Gasteiger charge is 1.98. The van der Waals surface area contributed by atoms with Crippen LogP contribution in [0.5, 0.6) is 0 Å². The zero-order valence-corrected chi connectivity index (χ0v) is 7.98. The van der Waals surface area contributed by atoms with Crippen molar-refractivity contribution in [2.24, 2.45) is 0 Å². The normalized spacial score (nSPS) is 9.18. The summed E-state index contributed by atoms with van der Waals surface area (Å²) in [5.74, 6) is 0. The van der Waals surface area contributed by atoms with Crippen LogP contribution in [-0.2, 0) is 5.33 Å². The molecule has 1 nitrogen and oxygen atoms in total. The highest BCUT2D eigenvalue weighted by atomic mass is 79.9. The summed E-state index contributed by atoms with van der Waals surface area (Å²) in [6, 6.07) is 5.28. The summed E-state index contributed by atoms with van der Waals surface area (Å²) >= 11 is 9.13. The lowest BCUT2D eigenvalue weighted by Gasteiger charge is -1.98. The Hall–Kier alpha value is -0.520. The van der Waals surface area contributed by atoms with Crippen molar-refractivity contribution >= 4 is 33.2 Å². The first-order valence-corrected chi connectivity index (χ1v) is 4.49. The number of rotatable bonds is 1. The topological polar surface area (TPSA) is 4.36 Å². The van der Waals surface area contributed by atoms with Gasteiger partial charge in [-0.05, 0) is 11.6 Å². The lowest BCUT2D eigenvalue weighted by atomic mass is 10.2. The molecule has 0 aromatic heterocycles. The molecule has 0 bridgehead atoms. The molecule has 1 aromatic rings. The highest BCUT2D eigenvalue weighted by Crippen LogP contribution is 2.24. The molecule has 1 rings (SSSR count). The van der Waals surface area contributed by atoms with Crippen molar-refractivity contribution in [1.29, 1.82) is 0 Å². The van der Waals surface area contributed by atoms with Crippen LogP contribution in [0, 0.1) is 6.57 Å². The SMILES string of the molecule is [C-]#[N+]c1ccc(CBr)c(Cl)c1. The summed E-state index contributed by atoms with van der Waals surface area (Å²) in [5, 5.41) is 1.37. The van der Waals surface area contributed by atoms with Crippen LogP contribution in [0.15, 0.2) is 18.2 Å². The maximum Gasteiger partial charge on any atom is 0.188 e. The summed E-state index contributed by atoms with van der Waals surface area (Å²) in [6.45, 7) is 6.72. The number of hydrogen-bond donors (Lipinski definition) is 0. The molecule has 0 radical (unpaired) electrons. The van der Waals surface area contributed by atoms with Crippen LogP contribution in [0.2, 0.25) is 5.02 Å². The molecule has 0 fully saturated rings. The molecule has 0 amide bonds. The lowest BCUT2D eigenvalue weighted by molar-refractivity contribution is 1.44. The summed E-state index contributed by atoms with van der Waals surface area (Å²) in [4.78, 5) is 3.26. The molecule has 0 aliphatic carbocycles. The van der Waals surface area contributed by atoms with E-state index in [-0.39, 0.29) is 0 Å². The van der Waals surface area contributed by atoms with Gasteiger partial charge in [-0.2, -0.15) is 0 Å². The van der Waals surface area contributed by atoms with Crippen LogP contribution < -0.4 is 0 Å². The van der Waals surface area contributed by atoms with E-state index in [0.29, 0.717) is 10.7 Å². The van der Waals surface area contributed by atoms with E-state index in [4.69, 9.17) is 18.2 Å². The summed E-state index contributed by atoms with van der Waals surface area (Å²) in [6.07, 6.45) is 0. The third-order valence-electron chi connectivity index (χ3n) is 1.31. The minimum absolute atomic E-state index is 0.583. The van der Waals surface area contributed by atoms with E-state index in [9.17, 15) is 0 Å². The molecule has 0 N–H and O–H groups in total. The van der Waals surface area contributed by atoms with Crippen LogP contribution in [-0.4, -0.2) is 0 Å². The van der Waals surface area contributed by atoms with Gasteiger partial charge in [0.15, 0.2) is 5.69 Å². The number of hydrogen-bond acceptors (Lipinski definition) is 0. The van der Waals surface area contributed by atoms with Crippen molar-refractivity contribution in [2.75, 3.05) is 0 Å². The standard InChI is InChI=1S/C8H5BrClN/c1-11-7-3-2-6(5-9)8(10)4-7/h2-4H,5H2. The molecular weight excluding hydrogens is 225 g/mol. The third-order valence-corrected chi connectivity index (χ3v) is 2.27. The highest BCUT2D eigenvalue weighted by molar-refractivity contribution is 9.08. The summed E-state index contributed by atoms with van der Waals surface area (Å²) in [5.41, 5.74) is 1.60. The van der Waals surface area contributed by atoms with E-state index >= 15 is 0 Å². The van der Waals surface area contributed by atoms with Crippen LogP contribution in [0.3, 0.4) is 0 Å². The Morgan fingerprint density at radius 3 is 2.73 bits per heavy atom. The maximum absolute atomic E-state index is 6.72. The van der Waals surface area contributed by atoms with Crippen LogP contribution in [0.4, 0.5) is 5.69 Å².